The number of anilines is 1. The Labute approximate surface area is 136 Å². The highest BCUT2D eigenvalue weighted by atomic mass is 35.5. The summed E-state index contributed by atoms with van der Waals surface area (Å²) in [6.45, 7) is 4.66. The molecular formula is C18H21ClN2O. The van der Waals surface area contributed by atoms with Crippen LogP contribution in [0.3, 0.4) is 0 Å². The van der Waals surface area contributed by atoms with Crippen LogP contribution in [0.1, 0.15) is 37.4 Å². The van der Waals surface area contributed by atoms with Crippen molar-refractivity contribution in [2.45, 2.75) is 32.9 Å². The second kappa shape index (κ2) is 7.97. The largest absolute Gasteiger partial charge is 0.326 e. The summed E-state index contributed by atoms with van der Waals surface area (Å²) >= 11 is 6.16. The van der Waals surface area contributed by atoms with Gasteiger partial charge in [-0.25, -0.2) is 0 Å². The normalized spacial score (nSPS) is 12.0. The second-order valence-electron chi connectivity index (χ2n) is 5.22. The first kappa shape index (κ1) is 16.5. The zero-order valence-electron chi connectivity index (χ0n) is 12.9. The number of carbonyl (C=O) groups is 1. The smallest absolute Gasteiger partial charge is 0.224 e. The molecule has 0 bridgehead atoms. The Hall–Kier alpha value is -1.84. The van der Waals surface area contributed by atoms with Crippen LogP contribution in [0.4, 0.5) is 5.69 Å². The predicted octanol–water partition coefficient (Wildman–Crippen LogP) is 4.54. The van der Waals surface area contributed by atoms with E-state index in [2.05, 4.69) is 17.6 Å². The van der Waals surface area contributed by atoms with Crippen molar-refractivity contribution in [3.05, 3.63) is 64.7 Å². The minimum absolute atomic E-state index is 0.0256. The van der Waals surface area contributed by atoms with E-state index in [1.165, 1.54) is 5.56 Å². The maximum Gasteiger partial charge on any atom is 0.224 e. The van der Waals surface area contributed by atoms with Gasteiger partial charge in [0.25, 0.3) is 0 Å². The third kappa shape index (κ3) is 4.58. The molecule has 0 aliphatic rings. The van der Waals surface area contributed by atoms with Gasteiger partial charge in [-0.3, -0.25) is 4.79 Å². The van der Waals surface area contributed by atoms with Crippen molar-refractivity contribution in [1.29, 1.82) is 0 Å². The number of halogens is 1. The molecule has 116 valence electrons. The Morgan fingerprint density at radius 1 is 1.14 bits per heavy atom. The van der Waals surface area contributed by atoms with Gasteiger partial charge < -0.3 is 10.6 Å². The Kier molecular flexibility index (Phi) is 5.99. The first-order chi connectivity index (χ1) is 10.6. The van der Waals surface area contributed by atoms with Crippen molar-refractivity contribution in [3.63, 3.8) is 0 Å². The summed E-state index contributed by atoms with van der Waals surface area (Å²) in [5.41, 5.74) is 3.08. The fraction of sp³-hybridized carbons (Fsp3) is 0.278. The van der Waals surface area contributed by atoms with Gasteiger partial charge >= 0.3 is 0 Å². The molecule has 0 aliphatic carbocycles. The van der Waals surface area contributed by atoms with Crippen molar-refractivity contribution in [2.24, 2.45) is 0 Å². The summed E-state index contributed by atoms with van der Waals surface area (Å²) in [6.07, 6.45) is 0.484. The minimum atomic E-state index is 0.0256. The molecule has 22 heavy (non-hydrogen) atoms. The van der Waals surface area contributed by atoms with E-state index < -0.39 is 0 Å². The third-order valence-electron chi connectivity index (χ3n) is 3.57. The van der Waals surface area contributed by atoms with Gasteiger partial charge in [-0.05, 0) is 36.2 Å². The highest BCUT2D eigenvalue weighted by molar-refractivity contribution is 6.31. The first-order valence-electron chi connectivity index (χ1n) is 7.46. The van der Waals surface area contributed by atoms with Gasteiger partial charge in [0, 0.05) is 29.7 Å². The van der Waals surface area contributed by atoms with Crippen molar-refractivity contribution in [2.75, 3.05) is 5.32 Å². The highest BCUT2D eigenvalue weighted by Gasteiger charge is 2.07. The van der Waals surface area contributed by atoms with Gasteiger partial charge in [0.05, 0.1) is 0 Å². The predicted molar refractivity (Wildman–Crippen MR) is 92.1 cm³/mol. The first-order valence-corrected chi connectivity index (χ1v) is 7.84. The molecule has 1 unspecified atom stereocenters. The van der Waals surface area contributed by atoms with E-state index in [9.17, 15) is 4.79 Å². The monoisotopic (exact) mass is 316 g/mol. The summed E-state index contributed by atoms with van der Waals surface area (Å²) in [5.74, 6) is 0.0256. The van der Waals surface area contributed by atoms with Crippen LogP contribution in [-0.2, 0) is 11.3 Å². The SMILES string of the molecule is CCC(=O)Nc1ccc(C(C)NCc2ccccc2Cl)cc1. The molecule has 1 amide bonds. The van der Waals surface area contributed by atoms with Crippen LogP contribution in [0, 0.1) is 0 Å². The summed E-state index contributed by atoms with van der Waals surface area (Å²) < 4.78 is 0. The van der Waals surface area contributed by atoms with Gasteiger partial charge in [-0.1, -0.05) is 48.9 Å². The summed E-state index contributed by atoms with van der Waals surface area (Å²) in [5, 5.41) is 7.08. The van der Waals surface area contributed by atoms with E-state index >= 15 is 0 Å². The van der Waals surface area contributed by atoms with E-state index in [0.717, 1.165) is 22.8 Å². The highest BCUT2D eigenvalue weighted by Crippen LogP contribution is 2.19. The van der Waals surface area contributed by atoms with Crippen molar-refractivity contribution in [3.8, 4) is 0 Å². The lowest BCUT2D eigenvalue weighted by molar-refractivity contribution is -0.115. The van der Waals surface area contributed by atoms with Crippen LogP contribution in [0.5, 0.6) is 0 Å². The summed E-state index contributed by atoms with van der Waals surface area (Å²) in [6, 6.07) is 15.9. The molecule has 0 heterocycles. The van der Waals surface area contributed by atoms with E-state index in [1.54, 1.807) is 0 Å². The molecule has 0 fully saturated rings. The van der Waals surface area contributed by atoms with Crippen LogP contribution < -0.4 is 10.6 Å². The Morgan fingerprint density at radius 3 is 2.45 bits per heavy atom. The molecule has 0 aromatic heterocycles. The van der Waals surface area contributed by atoms with Crippen LogP contribution >= 0.6 is 11.6 Å². The number of rotatable bonds is 6. The number of benzene rings is 2. The van der Waals surface area contributed by atoms with Gasteiger partial charge in [-0.15, -0.1) is 0 Å². The van der Waals surface area contributed by atoms with Crippen LogP contribution in [0.25, 0.3) is 0 Å². The lowest BCUT2D eigenvalue weighted by Crippen LogP contribution is -2.18. The van der Waals surface area contributed by atoms with Gasteiger partial charge in [0.15, 0.2) is 0 Å². The molecule has 2 N–H and O–H groups in total. The zero-order chi connectivity index (χ0) is 15.9. The fourth-order valence-corrected chi connectivity index (χ4v) is 2.33. The molecule has 4 heteroatoms. The second-order valence-corrected chi connectivity index (χ2v) is 5.62. The van der Waals surface area contributed by atoms with Crippen LogP contribution in [0.2, 0.25) is 5.02 Å². The number of carbonyl (C=O) groups excluding carboxylic acids is 1. The molecule has 2 aromatic carbocycles. The number of nitrogens with one attached hydrogen (secondary N) is 2. The topological polar surface area (TPSA) is 41.1 Å². The summed E-state index contributed by atoms with van der Waals surface area (Å²) in [4.78, 5) is 11.4. The molecule has 0 spiro atoms. The molecule has 0 radical (unpaired) electrons. The molecular weight excluding hydrogens is 296 g/mol. The maximum atomic E-state index is 11.4. The molecule has 2 aromatic rings. The van der Waals surface area contributed by atoms with Gasteiger partial charge in [-0.2, -0.15) is 0 Å². The van der Waals surface area contributed by atoms with Gasteiger partial charge in [0.1, 0.15) is 0 Å². The fourth-order valence-electron chi connectivity index (χ4n) is 2.13. The van der Waals surface area contributed by atoms with Gasteiger partial charge in [0.2, 0.25) is 5.91 Å². The Morgan fingerprint density at radius 2 is 1.82 bits per heavy atom. The number of amides is 1. The average molecular weight is 317 g/mol. The Balaban J connectivity index is 1.94. The minimum Gasteiger partial charge on any atom is -0.326 e. The molecule has 2 rings (SSSR count). The summed E-state index contributed by atoms with van der Waals surface area (Å²) in [7, 11) is 0. The molecule has 3 nitrogen and oxygen atoms in total. The molecule has 0 aliphatic heterocycles. The Bertz CT molecular complexity index is 625. The number of hydrogen-bond acceptors (Lipinski definition) is 2. The van der Waals surface area contributed by atoms with Crippen molar-refractivity contribution < 1.29 is 4.79 Å². The lowest BCUT2D eigenvalue weighted by Gasteiger charge is -2.15. The van der Waals surface area contributed by atoms with E-state index in [0.29, 0.717) is 6.42 Å². The molecule has 0 saturated carbocycles. The van der Waals surface area contributed by atoms with Crippen LogP contribution in [0.15, 0.2) is 48.5 Å². The standard InChI is InChI=1S/C18H21ClN2O/c1-3-18(22)21-16-10-8-14(9-11-16)13(2)20-12-15-6-4-5-7-17(15)19/h4-11,13,20H,3,12H2,1-2H3,(H,21,22). The molecule has 1 atom stereocenters. The number of hydrogen-bond donors (Lipinski definition) is 2. The van der Waals surface area contributed by atoms with E-state index in [-0.39, 0.29) is 11.9 Å². The average Bonchev–Trinajstić information content (AvgIpc) is 2.54. The van der Waals surface area contributed by atoms with Crippen molar-refractivity contribution in [1.82, 2.24) is 5.32 Å². The maximum absolute atomic E-state index is 11.4. The zero-order valence-corrected chi connectivity index (χ0v) is 13.7. The quantitative estimate of drug-likeness (QED) is 0.821. The van der Waals surface area contributed by atoms with Crippen LogP contribution in [-0.4, -0.2) is 5.91 Å². The third-order valence-corrected chi connectivity index (χ3v) is 3.94. The molecule has 0 saturated heterocycles. The van der Waals surface area contributed by atoms with E-state index in [4.69, 9.17) is 11.6 Å². The van der Waals surface area contributed by atoms with E-state index in [1.807, 2.05) is 55.5 Å². The van der Waals surface area contributed by atoms with Crippen molar-refractivity contribution >= 4 is 23.2 Å². The lowest BCUT2D eigenvalue weighted by atomic mass is 10.1.